The van der Waals surface area contributed by atoms with Gasteiger partial charge in [-0.3, -0.25) is 0 Å². The van der Waals surface area contributed by atoms with Gasteiger partial charge in [-0.1, -0.05) is 24.6 Å². The maximum Gasteiger partial charge on any atom is 0.248 e. The smallest absolute Gasteiger partial charge is 0.236 e. The van der Waals surface area contributed by atoms with Gasteiger partial charge in [-0.05, 0) is 25.5 Å². The van der Waals surface area contributed by atoms with Gasteiger partial charge in [-0.25, -0.2) is 9.13 Å². The van der Waals surface area contributed by atoms with Gasteiger partial charge in [-0.15, -0.1) is 0 Å². The first kappa shape index (κ1) is 9.97. The van der Waals surface area contributed by atoms with E-state index in [1.807, 2.05) is 0 Å². The molecule has 1 heterocycles. The van der Waals surface area contributed by atoms with Crippen molar-refractivity contribution in [2.24, 2.45) is 0 Å². The molecule has 1 aromatic heterocycles. The summed E-state index contributed by atoms with van der Waals surface area (Å²) in [4.78, 5) is 0. The summed E-state index contributed by atoms with van der Waals surface area (Å²) < 4.78 is 4.36. The van der Waals surface area contributed by atoms with E-state index in [9.17, 15) is 0 Å². The second kappa shape index (κ2) is 4.30. The molecule has 0 amide bonds. The quantitative estimate of drug-likeness (QED) is 0.675. The molecular weight excluding hydrogens is 184 g/mol. The summed E-state index contributed by atoms with van der Waals surface area (Å²) >= 11 is 0. The van der Waals surface area contributed by atoms with Crippen LogP contribution in [0.5, 0.6) is 0 Å². The molecule has 0 saturated heterocycles. The fraction of sp³-hybridized carbons (Fsp3) is 0.308. The normalized spacial score (nSPS) is 10.5. The Kier molecular flexibility index (Phi) is 2.86. The van der Waals surface area contributed by atoms with Gasteiger partial charge >= 0.3 is 0 Å². The molecule has 78 valence electrons. The van der Waals surface area contributed by atoms with Crippen LogP contribution in [0.4, 0.5) is 0 Å². The monoisotopic (exact) mass is 201 g/mol. The first-order chi connectivity index (χ1) is 7.29. The number of rotatable bonds is 3. The van der Waals surface area contributed by atoms with Crippen LogP contribution < -0.4 is 4.57 Å². The fourth-order valence-corrected chi connectivity index (χ4v) is 1.65. The molecule has 2 rings (SSSR count). The Morgan fingerprint density at radius 1 is 1.20 bits per heavy atom. The molecule has 2 heteroatoms. The van der Waals surface area contributed by atoms with Gasteiger partial charge < -0.3 is 0 Å². The fourth-order valence-electron chi connectivity index (χ4n) is 1.65. The van der Waals surface area contributed by atoms with Gasteiger partial charge in [0.15, 0.2) is 0 Å². The van der Waals surface area contributed by atoms with Gasteiger partial charge in [-0.2, -0.15) is 0 Å². The molecule has 2 nitrogen and oxygen atoms in total. The number of benzene rings is 1. The van der Waals surface area contributed by atoms with Crippen molar-refractivity contribution in [3.05, 3.63) is 48.5 Å². The third-order valence-corrected chi connectivity index (χ3v) is 2.51. The van der Waals surface area contributed by atoms with Crippen LogP contribution in [-0.2, 0) is 6.54 Å². The average Bonchev–Trinajstić information content (AvgIpc) is 2.68. The van der Waals surface area contributed by atoms with Crippen LogP contribution in [0.25, 0.3) is 5.69 Å². The summed E-state index contributed by atoms with van der Waals surface area (Å²) in [5, 5.41) is 0. The summed E-state index contributed by atoms with van der Waals surface area (Å²) in [6, 6.07) is 8.57. The van der Waals surface area contributed by atoms with Gasteiger partial charge in [0.2, 0.25) is 6.33 Å². The lowest BCUT2D eigenvalue weighted by Crippen LogP contribution is -2.30. The Morgan fingerprint density at radius 3 is 2.60 bits per heavy atom. The molecule has 0 aliphatic rings. The maximum absolute atomic E-state index is 2.21. The van der Waals surface area contributed by atoms with Crippen LogP contribution in [0.2, 0.25) is 0 Å². The number of aromatic nitrogens is 2. The molecule has 0 atom stereocenters. The van der Waals surface area contributed by atoms with Crippen LogP contribution in [-0.4, -0.2) is 4.57 Å². The summed E-state index contributed by atoms with van der Waals surface area (Å²) in [5.41, 5.74) is 2.52. The highest BCUT2D eigenvalue weighted by molar-refractivity contribution is 5.33. The predicted molar refractivity (Wildman–Crippen MR) is 61.0 cm³/mol. The zero-order chi connectivity index (χ0) is 10.7. The second-order valence-corrected chi connectivity index (χ2v) is 3.89. The zero-order valence-electron chi connectivity index (χ0n) is 9.35. The van der Waals surface area contributed by atoms with Crippen LogP contribution in [0.3, 0.4) is 0 Å². The van der Waals surface area contributed by atoms with Crippen molar-refractivity contribution in [3.63, 3.8) is 0 Å². The van der Waals surface area contributed by atoms with E-state index in [0.29, 0.717) is 0 Å². The minimum atomic E-state index is 1.08. The number of aryl methyl sites for hydroxylation is 2. The van der Waals surface area contributed by atoms with Crippen LogP contribution in [0, 0.1) is 6.92 Å². The molecule has 15 heavy (non-hydrogen) atoms. The molecule has 1 aromatic carbocycles. The Bertz CT molecular complexity index is 426. The van der Waals surface area contributed by atoms with E-state index in [1.165, 1.54) is 17.7 Å². The Hall–Kier alpha value is -1.57. The molecule has 0 N–H and O–H groups in total. The van der Waals surface area contributed by atoms with Crippen molar-refractivity contribution >= 4 is 0 Å². The topological polar surface area (TPSA) is 8.81 Å². The van der Waals surface area contributed by atoms with Gasteiger partial charge in [0, 0.05) is 0 Å². The Balaban J connectivity index is 2.25. The SMILES string of the molecule is CCC[n+]1ccn(-c2ccc(C)cc2)c1. The minimum absolute atomic E-state index is 1.08. The maximum atomic E-state index is 2.21. The van der Waals surface area contributed by atoms with E-state index in [1.54, 1.807) is 0 Å². The Labute approximate surface area is 90.8 Å². The molecule has 0 saturated carbocycles. The number of hydrogen-bond acceptors (Lipinski definition) is 0. The van der Waals surface area contributed by atoms with Gasteiger partial charge in [0.25, 0.3) is 0 Å². The van der Waals surface area contributed by atoms with Crippen molar-refractivity contribution in [2.75, 3.05) is 0 Å². The largest absolute Gasteiger partial charge is 0.248 e. The average molecular weight is 201 g/mol. The molecule has 0 radical (unpaired) electrons. The van der Waals surface area contributed by atoms with Crippen LogP contribution >= 0.6 is 0 Å². The summed E-state index contributed by atoms with van der Waals surface area (Å²) in [5.74, 6) is 0. The number of hydrogen-bond donors (Lipinski definition) is 0. The van der Waals surface area contributed by atoms with Crippen molar-refractivity contribution in [1.82, 2.24) is 4.57 Å². The van der Waals surface area contributed by atoms with E-state index in [-0.39, 0.29) is 0 Å². The van der Waals surface area contributed by atoms with E-state index >= 15 is 0 Å². The first-order valence-electron chi connectivity index (χ1n) is 5.43. The molecular formula is C13H17N2+. The lowest BCUT2D eigenvalue weighted by Gasteiger charge is -1.96. The standard InChI is InChI=1S/C13H17N2/c1-3-8-14-9-10-15(11-14)13-6-4-12(2)5-7-13/h4-7,9-11H,3,8H2,1-2H3/q+1. The van der Waals surface area contributed by atoms with Crippen molar-refractivity contribution in [2.45, 2.75) is 26.8 Å². The number of imidazole rings is 1. The van der Waals surface area contributed by atoms with Gasteiger partial charge in [0.1, 0.15) is 18.1 Å². The van der Waals surface area contributed by atoms with E-state index < -0.39 is 0 Å². The highest BCUT2D eigenvalue weighted by Crippen LogP contribution is 2.07. The van der Waals surface area contributed by atoms with Crippen LogP contribution in [0.15, 0.2) is 43.0 Å². The molecule has 2 aromatic rings. The zero-order valence-corrected chi connectivity index (χ0v) is 9.35. The van der Waals surface area contributed by atoms with E-state index in [2.05, 4.69) is 66.0 Å². The summed E-state index contributed by atoms with van der Waals surface area (Å²) in [7, 11) is 0. The Morgan fingerprint density at radius 2 is 1.93 bits per heavy atom. The molecule has 0 unspecified atom stereocenters. The minimum Gasteiger partial charge on any atom is -0.236 e. The third-order valence-electron chi connectivity index (χ3n) is 2.51. The lowest BCUT2D eigenvalue weighted by atomic mass is 10.2. The van der Waals surface area contributed by atoms with Gasteiger partial charge in [0.05, 0.1) is 6.54 Å². The van der Waals surface area contributed by atoms with Crippen LogP contribution in [0.1, 0.15) is 18.9 Å². The lowest BCUT2D eigenvalue weighted by molar-refractivity contribution is -0.696. The number of nitrogens with zero attached hydrogens (tertiary/aromatic N) is 2. The molecule has 0 aliphatic heterocycles. The molecule has 0 bridgehead atoms. The summed E-state index contributed by atoms with van der Waals surface area (Å²) in [6.45, 7) is 5.38. The van der Waals surface area contributed by atoms with Crippen molar-refractivity contribution < 1.29 is 4.57 Å². The summed E-state index contributed by atoms with van der Waals surface area (Å²) in [6.07, 6.45) is 7.51. The van der Waals surface area contributed by atoms with E-state index in [0.717, 1.165) is 6.54 Å². The highest BCUT2D eigenvalue weighted by atomic mass is 15.1. The van der Waals surface area contributed by atoms with Crippen molar-refractivity contribution in [1.29, 1.82) is 0 Å². The molecule has 0 fully saturated rings. The molecule has 0 spiro atoms. The van der Waals surface area contributed by atoms with Crippen molar-refractivity contribution in [3.8, 4) is 5.69 Å². The third kappa shape index (κ3) is 2.27. The van der Waals surface area contributed by atoms with E-state index in [4.69, 9.17) is 0 Å². The highest BCUT2D eigenvalue weighted by Gasteiger charge is 2.04. The molecule has 0 aliphatic carbocycles. The predicted octanol–water partition coefficient (Wildman–Crippen LogP) is 2.48. The first-order valence-corrected chi connectivity index (χ1v) is 5.43. The second-order valence-electron chi connectivity index (χ2n) is 3.89.